The first-order valence-electron chi connectivity index (χ1n) is 5.57. The molecule has 90 valence electrons. The molecule has 0 saturated heterocycles. The highest BCUT2D eigenvalue weighted by Gasteiger charge is 2.17. The highest BCUT2D eigenvalue weighted by Crippen LogP contribution is 2.30. The van der Waals surface area contributed by atoms with Gasteiger partial charge in [-0.15, -0.1) is 0 Å². The van der Waals surface area contributed by atoms with Gasteiger partial charge in [-0.25, -0.2) is 0 Å². The Morgan fingerprint density at radius 3 is 2.35 bits per heavy atom. The molecule has 0 bridgehead atoms. The minimum Gasteiger partial charge on any atom is -0.466 e. The summed E-state index contributed by atoms with van der Waals surface area (Å²) in [7, 11) is 0. The lowest BCUT2D eigenvalue weighted by Gasteiger charge is -2.13. The smallest absolute Gasteiger partial charge is 0.106 e. The summed E-state index contributed by atoms with van der Waals surface area (Å²) in [4.78, 5) is 0. The molecular formula is C14H16ClNO. The molecule has 0 aliphatic heterocycles. The van der Waals surface area contributed by atoms with Crippen LogP contribution in [0, 0.1) is 20.8 Å². The van der Waals surface area contributed by atoms with Crippen molar-refractivity contribution in [1.29, 1.82) is 0 Å². The predicted octanol–water partition coefficient (Wildman–Crippen LogP) is 3.91. The molecule has 0 radical (unpaired) electrons. The van der Waals surface area contributed by atoms with Gasteiger partial charge in [-0.2, -0.15) is 0 Å². The van der Waals surface area contributed by atoms with Crippen molar-refractivity contribution in [2.45, 2.75) is 26.8 Å². The Kier molecular flexibility index (Phi) is 3.27. The number of hydrogen-bond acceptors (Lipinski definition) is 2. The SMILES string of the molecule is Cc1ccc(C(N)c2cc(C)oc2C)c(Cl)c1. The van der Waals surface area contributed by atoms with Crippen LogP contribution in [0.4, 0.5) is 0 Å². The van der Waals surface area contributed by atoms with Crippen LogP contribution in [0.25, 0.3) is 0 Å². The van der Waals surface area contributed by atoms with E-state index in [9.17, 15) is 0 Å². The van der Waals surface area contributed by atoms with Crippen molar-refractivity contribution in [3.05, 3.63) is 57.5 Å². The number of hydrogen-bond donors (Lipinski definition) is 1. The summed E-state index contributed by atoms with van der Waals surface area (Å²) in [6.07, 6.45) is 0. The Bertz CT molecular complexity index is 545. The zero-order valence-corrected chi connectivity index (χ0v) is 11.0. The number of rotatable bonds is 2. The maximum Gasteiger partial charge on any atom is 0.106 e. The van der Waals surface area contributed by atoms with Gasteiger partial charge in [0.05, 0.1) is 6.04 Å². The van der Waals surface area contributed by atoms with E-state index in [4.69, 9.17) is 21.8 Å². The van der Waals surface area contributed by atoms with Crippen molar-refractivity contribution >= 4 is 11.6 Å². The molecule has 0 saturated carbocycles. The van der Waals surface area contributed by atoms with E-state index < -0.39 is 0 Å². The van der Waals surface area contributed by atoms with Gasteiger partial charge in [0.25, 0.3) is 0 Å². The molecule has 17 heavy (non-hydrogen) atoms. The summed E-state index contributed by atoms with van der Waals surface area (Å²) in [6, 6.07) is 7.66. The second-order valence-electron chi connectivity index (χ2n) is 4.37. The average Bonchev–Trinajstić information content (AvgIpc) is 2.57. The van der Waals surface area contributed by atoms with Crippen LogP contribution in [-0.2, 0) is 0 Å². The van der Waals surface area contributed by atoms with E-state index in [2.05, 4.69) is 0 Å². The van der Waals surface area contributed by atoms with Gasteiger partial charge >= 0.3 is 0 Å². The Morgan fingerprint density at radius 1 is 1.12 bits per heavy atom. The van der Waals surface area contributed by atoms with Gasteiger partial charge in [-0.3, -0.25) is 0 Å². The predicted molar refractivity (Wildman–Crippen MR) is 70.4 cm³/mol. The average molecular weight is 250 g/mol. The number of nitrogens with two attached hydrogens (primary N) is 1. The number of aryl methyl sites for hydroxylation is 3. The summed E-state index contributed by atoms with van der Waals surface area (Å²) >= 11 is 6.22. The third-order valence-corrected chi connectivity index (χ3v) is 3.23. The van der Waals surface area contributed by atoms with Crippen LogP contribution in [0.15, 0.2) is 28.7 Å². The van der Waals surface area contributed by atoms with Crippen LogP contribution in [-0.4, -0.2) is 0 Å². The molecule has 1 heterocycles. The van der Waals surface area contributed by atoms with E-state index in [1.165, 1.54) is 0 Å². The van der Waals surface area contributed by atoms with Crippen LogP contribution < -0.4 is 5.73 Å². The first-order valence-corrected chi connectivity index (χ1v) is 5.95. The molecule has 2 rings (SSSR count). The van der Waals surface area contributed by atoms with Gasteiger partial charge in [0.15, 0.2) is 0 Å². The van der Waals surface area contributed by atoms with Gasteiger partial charge in [0.1, 0.15) is 11.5 Å². The standard InChI is InChI=1S/C14H16ClNO/c1-8-4-5-11(13(15)6-8)14(16)12-7-9(2)17-10(12)3/h4-7,14H,16H2,1-3H3. The molecule has 0 aliphatic carbocycles. The van der Waals surface area contributed by atoms with Crippen LogP contribution >= 0.6 is 11.6 Å². The molecule has 2 nitrogen and oxygen atoms in total. The fraction of sp³-hybridized carbons (Fsp3) is 0.286. The Balaban J connectivity index is 2.43. The molecule has 1 unspecified atom stereocenters. The third kappa shape index (κ3) is 2.38. The summed E-state index contributed by atoms with van der Waals surface area (Å²) in [5.41, 5.74) is 9.29. The quantitative estimate of drug-likeness (QED) is 0.877. The first kappa shape index (κ1) is 12.2. The van der Waals surface area contributed by atoms with Crippen molar-refractivity contribution < 1.29 is 4.42 Å². The highest BCUT2D eigenvalue weighted by molar-refractivity contribution is 6.31. The Labute approximate surface area is 106 Å². The Hall–Kier alpha value is -1.25. The molecule has 1 aromatic carbocycles. The van der Waals surface area contributed by atoms with Gasteiger partial charge in [-0.1, -0.05) is 23.7 Å². The summed E-state index contributed by atoms with van der Waals surface area (Å²) in [5.74, 6) is 1.72. The number of benzene rings is 1. The third-order valence-electron chi connectivity index (χ3n) is 2.91. The topological polar surface area (TPSA) is 39.2 Å². The number of halogens is 1. The molecular weight excluding hydrogens is 234 g/mol. The monoisotopic (exact) mass is 249 g/mol. The minimum atomic E-state index is -0.236. The fourth-order valence-electron chi connectivity index (χ4n) is 2.01. The second-order valence-corrected chi connectivity index (χ2v) is 4.78. The minimum absolute atomic E-state index is 0.236. The van der Waals surface area contributed by atoms with Gasteiger partial charge < -0.3 is 10.2 Å². The van der Waals surface area contributed by atoms with Crippen molar-refractivity contribution in [3.63, 3.8) is 0 Å². The molecule has 2 aromatic rings. The van der Waals surface area contributed by atoms with Crippen molar-refractivity contribution in [1.82, 2.24) is 0 Å². The normalized spacial score (nSPS) is 12.8. The van der Waals surface area contributed by atoms with E-state index in [-0.39, 0.29) is 6.04 Å². The van der Waals surface area contributed by atoms with Crippen molar-refractivity contribution in [3.8, 4) is 0 Å². The van der Waals surface area contributed by atoms with E-state index in [1.807, 2.05) is 45.0 Å². The van der Waals surface area contributed by atoms with Crippen molar-refractivity contribution in [2.24, 2.45) is 5.73 Å². The molecule has 1 aromatic heterocycles. The molecule has 0 spiro atoms. The van der Waals surface area contributed by atoms with E-state index >= 15 is 0 Å². The fourth-order valence-corrected chi connectivity index (χ4v) is 2.36. The molecule has 0 fully saturated rings. The highest BCUT2D eigenvalue weighted by atomic mass is 35.5. The first-order chi connectivity index (χ1) is 7.99. The van der Waals surface area contributed by atoms with Crippen LogP contribution in [0.1, 0.15) is 34.3 Å². The lowest BCUT2D eigenvalue weighted by atomic mass is 9.99. The van der Waals surface area contributed by atoms with Gasteiger partial charge in [-0.05, 0) is 44.0 Å². The van der Waals surface area contributed by atoms with Crippen molar-refractivity contribution in [2.75, 3.05) is 0 Å². The van der Waals surface area contributed by atoms with E-state index in [1.54, 1.807) is 0 Å². The van der Waals surface area contributed by atoms with E-state index in [0.29, 0.717) is 5.02 Å². The molecule has 2 N–H and O–H groups in total. The summed E-state index contributed by atoms with van der Waals surface area (Å²) in [6.45, 7) is 5.85. The van der Waals surface area contributed by atoms with Crippen LogP contribution in [0.2, 0.25) is 5.02 Å². The van der Waals surface area contributed by atoms with Crippen LogP contribution in [0.3, 0.4) is 0 Å². The summed E-state index contributed by atoms with van der Waals surface area (Å²) < 4.78 is 5.50. The van der Waals surface area contributed by atoms with Gasteiger partial charge in [0, 0.05) is 10.6 Å². The lowest BCUT2D eigenvalue weighted by Crippen LogP contribution is -2.12. The zero-order valence-electron chi connectivity index (χ0n) is 10.3. The molecule has 1 atom stereocenters. The van der Waals surface area contributed by atoms with Crippen LogP contribution in [0.5, 0.6) is 0 Å². The maximum atomic E-state index is 6.24. The lowest BCUT2D eigenvalue weighted by molar-refractivity contribution is 0.499. The molecule has 3 heteroatoms. The zero-order chi connectivity index (χ0) is 12.6. The Morgan fingerprint density at radius 2 is 1.82 bits per heavy atom. The van der Waals surface area contributed by atoms with E-state index in [0.717, 1.165) is 28.2 Å². The summed E-state index contributed by atoms with van der Waals surface area (Å²) in [5, 5.41) is 0.704. The van der Waals surface area contributed by atoms with Gasteiger partial charge in [0.2, 0.25) is 0 Å². The molecule has 0 amide bonds. The second kappa shape index (κ2) is 4.55. The maximum absolute atomic E-state index is 6.24. The number of furan rings is 1. The molecule has 0 aliphatic rings. The largest absolute Gasteiger partial charge is 0.466 e.